The van der Waals surface area contributed by atoms with E-state index in [4.69, 9.17) is 42.3 Å². The van der Waals surface area contributed by atoms with E-state index in [9.17, 15) is 19.5 Å². The van der Waals surface area contributed by atoms with E-state index in [2.05, 4.69) is 15.9 Å². The van der Waals surface area contributed by atoms with Crippen molar-refractivity contribution in [1.29, 1.82) is 0 Å². The van der Waals surface area contributed by atoms with Crippen LogP contribution in [0.5, 0.6) is 0 Å². The summed E-state index contributed by atoms with van der Waals surface area (Å²) < 4.78 is 54.5. The highest BCUT2D eigenvalue weighted by Crippen LogP contribution is 2.36. The first-order chi connectivity index (χ1) is 28.2. The fraction of sp³-hybridized carbons (Fsp3) is 0.419. The summed E-state index contributed by atoms with van der Waals surface area (Å²) in [5.74, 6) is -0.824. The Bertz CT molecular complexity index is 1910. The summed E-state index contributed by atoms with van der Waals surface area (Å²) in [5, 5.41) is 10.4. The molecule has 6 rings (SSSR count). The van der Waals surface area contributed by atoms with Gasteiger partial charge in [0.25, 0.3) is 5.91 Å². The molecule has 2 fully saturated rings. The molecule has 0 aliphatic carbocycles. The van der Waals surface area contributed by atoms with E-state index in [0.717, 1.165) is 16.0 Å². The van der Waals surface area contributed by atoms with E-state index >= 15 is 0 Å². The quantitative estimate of drug-likeness (QED) is 0.0835. The normalized spacial score (nSPS) is 23.0. The lowest BCUT2D eigenvalue weighted by Crippen LogP contribution is -2.61. The van der Waals surface area contributed by atoms with Gasteiger partial charge >= 0.3 is 12.1 Å². The minimum Gasteiger partial charge on any atom is -0.461 e. The van der Waals surface area contributed by atoms with Gasteiger partial charge in [-0.05, 0) is 45.1 Å². The first-order valence-corrected chi connectivity index (χ1v) is 19.8. The molecule has 58 heavy (non-hydrogen) atoms. The van der Waals surface area contributed by atoms with Crippen LogP contribution < -0.4 is 0 Å². The smallest absolute Gasteiger partial charge is 0.417 e. The van der Waals surface area contributed by atoms with Crippen molar-refractivity contribution in [2.45, 2.75) is 81.9 Å². The van der Waals surface area contributed by atoms with Crippen molar-refractivity contribution >= 4 is 33.9 Å². The molecule has 2 amide bonds. The molecule has 0 spiro atoms. The Morgan fingerprint density at radius 1 is 0.879 bits per heavy atom. The number of carbonyl (C=O) groups excluding carboxylic acids is 3. The number of methoxy groups -OCH3 is 2. The minimum absolute atomic E-state index is 0.0385. The van der Waals surface area contributed by atoms with Gasteiger partial charge in [0.1, 0.15) is 48.6 Å². The molecule has 3 heterocycles. The molecule has 14 nitrogen and oxygen atoms in total. The molecule has 0 saturated carbocycles. The van der Waals surface area contributed by atoms with Crippen molar-refractivity contribution in [2.75, 3.05) is 34.0 Å². The monoisotopic (exact) mass is 865 g/mol. The summed E-state index contributed by atoms with van der Waals surface area (Å²) in [6.07, 6.45) is -6.57. The van der Waals surface area contributed by atoms with Gasteiger partial charge in [-0.15, -0.1) is 0 Å². The zero-order valence-electron chi connectivity index (χ0n) is 32.5. The molecule has 3 aromatic carbocycles. The van der Waals surface area contributed by atoms with Crippen molar-refractivity contribution < 1.29 is 61.8 Å². The molecule has 8 atom stereocenters. The molecular formula is C43H48BrNO13. The first-order valence-electron chi connectivity index (χ1n) is 19.0. The van der Waals surface area contributed by atoms with Crippen LogP contribution in [-0.4, -0.2) is 98.8 Å². The van der Waals surface area contributed by atoms with Gasteiger partial charge < -0.3 is 47.4 Å². The van der Waals surface area contributed by atoms with Gasteiger partial charge in [-0.1, -0.05) is 91.0 Å². The van der Waals surface area contributed by atoms with E-state index in [1.54, 1.807) is 30.3 Å². The molecule has 2 saturated heterocycles. The molecule has 2 aliphatic rings. The van der Waals surface area contributed by atoms with Crippen LogP contribution in [0.15, 0.2) is 106 Å². The van der Waals surface area contributed by atoms with Gasteiger partial charge in [-0.2, -0.15) is 0 Å². The third-order valence-corrected chi connectivity index (χ3v) is 10.5. The Balaban J connectivity index is 1.16. The van der Waals surface area contributed by atoms with Crippen molar-refractivity contribution in [3.8, 4) is 0 Å². The Morgan fingerprint density at radius 2 is 1.50 bits per heavy atom. The van der Waals surface area contributed by atoms with E-state index < -0.39 is 66.9 Å². The number of aryl methyl sites for hydroxylation is 1. The fourth-order valence-electron chi connectivity index (χ4n) is 7.03. The van der Waals surface area contributed by atoms with Gasteiger partial charge in [0, 0.05) is 34.2 Å². The summed E-state index contributed by atoms with van der Waals surface area (Å²) in [7, 11) is 2.79. The number of halogens is 1. The third kappa shape index (κ3) is 10.6. The summed E-state index contributed by atoms with van der Waals surface area (Å²) in [5.41, 5.74) is 2.59. The Labute approximate surface area is 345 Å². The van der Waals surface area contributed by atoms with E-state index in [0.29, 0.717) is 28.6 Å². The van der Waals surface area contributed by atoms with Crippen LogP contribution in [0.25, 0.3) is 0 Å². The Morgan fingerprint density at radius 3 is 2.09 bits per heavy atom. The van der Waals surface area contributed by atoms with Crippen LogP contribution in [0.4, 0.5) is 4.79 Å². The highest BCUT2D eigenvalue weighted by molar-refractivity contribution is 9.10. The maximum absolute atomic E-state index is 14.0. The molecule has 1 aromatic heterocycles. The summed E-state index contributed by atoms with van der Waals surface area (Å²) in [6.45, 7) is 1.56. The summed E-state index contributed by atoms with van der Waals surface area (Å²) in [4.78, 5) is 40.2. The largest absolute Gasteiger partial charge is 0.461 e. The maximum Gasteiger partial charge on any atom is 0.417 e. The van der Waals surface area contributed by atoms with Crippen molar-refractivity contribution in [3.05, 3.63) is 130 Å². The van der Waals surface area contributed by atoms with Gasteiger partial charge in [0.15, 0.2) is 18.5 Å². The zero-order chi connectivity index (χ0) is 41.0. The molecule has 0 bridgehead atoms. The number of hydrogen-bond acceptors (Lipinski definition) is 13. The van der Waals surface area contributed by atoms with Crippen LogP contribution in [0.1, 0.15) is 53.7 Å². The lowest BCUT2D eigenvalue weighted by Gasteiger charge is -2.45. The molecule has 0 unspecified atom stereocenters. The predicted molar refractivity (Wildman–Crippen MR) is 210 cm³/mol. The molecule has 310 valence electrons. The number of ether oxygens (including phenoxy) is 8. The van der Waals surface area contributed by atoms with Crippen LogP contribution >= 0.6 is 15.9 Å². The number of esters is 1. The number of benzene rings is 3. The molecule has 4 aromatic rings. The van der Waals surface area contributed by atoms with Crippen LogP contribution in [0.3, 0.4) is 0 Å². The van der Waals surface area contributed by atoms with Gasteiger partial charge in [0.2, 0.25) is 0 Å². The number of furan rings is 1. The number of hydrogen-bond donors (Lipinski definition) is 1. The SMILES string of the molecule is CO[C@H]1O[C@H](CO)[C@@H](OCc2ccccc2)[C@H](OCc2ccccc2)[C@@H]1OCCCc1oc([C@@H](OC(C)=O)[C@H](OC)C(=O)N2C(=O)OC[C@@H]2c2ccccc2)cc1Br. The first kappa shape index (κ1) is 43.1. The number of amides is 2. The van der Waals surface area contributed by atoms with Gasteiger partial charge in [0.05, 0.1) is 24.3 Å². The van der Waals surface area contributed by atoms with Crippen LogP contribution in [0, 0.1) is 0 Å². The van der Waals surface area contributed by atoms with E-state index in [1.165, 1.54) is 21.1 Å². The predicted octanol–water partition coefficient (Wildman–Crippen LogP) is 6.23. The average Bonchev–Trinajstić information content (AvgIpc) is 3.82. The maximum atomic E-state index is 14.0. The number of cyclic esters (lactones) is 1. The van der Waals surface area contributed by atoms with Gasteiger partial charge in [-0.25, -0.2) is 9.69 Å². The van der Waals surface area contributed by atoms with E-state index in [-0.39, 0.29) is 38.8 Å². The molecule has 0 radical (unpaired) electrons. The number of aliphatic hydroxyl groups is 1. The standard InChI is InChI=1S/C43H48BrNO13/c1-27(47)56-37(39(50-2)41(48)45-32(26-55-43(45)49)30-18-11-6-12-19-30)34-22-31(44)33(57-34)20-13-21-52-40-38(54-25-29-16-9-5-10-17-29)36(35(23-46)58-42(40)51-3)53-24-28-14-7-4-8-15-28/h4-12,14-19,22,32,35-40,42,46H,13,20-21,23-26H2,1-3H3/t32-,35-,36-,37-,38+,39+,40+,42+/m1/s1. The average molecular weight is 867 g/mol. The lowest BCUT2D eigenvalue weighted by atomic mass is 9.98. The minimum atomic E-state index is -1.44. The number of nitrogens with zero attached hydrogens (tertiary/aromatic N) is 1. The second-order valence-corrected chi connectivity index (χ2v) is 14.6. The molecular weight excluding hydrogens is 818 g/mol. The summed E-state index contributed by atoms with van der Waals surface area (Å²) in [6, 6.07) is 29.3. The fourth-order valence-corrected chi connectivity index (χ4v) is 7.53. The second-order valence-electron chi connectivity index (χ2n) is 13.7. The van der Waals surface area contributed by atoms with Crippen molar-refractivity contribution in [1.82, 2.24) is 4.90 Å². The van der Waals surface area contributed by atoms with Crippen molar-refractivity contribution in [3.63, 3.8) is 0 Å². The number of imide groups is 1. The zero-order valence-corrected chi connectivity index (χ0v) is 34.1. The highest BCUT2D eigenvalue weighted by atomic mass is 79.9. The van der Waals surface area contributed by atoms with Crippen LogP contribution in [0.2, 0.25) is 0 Å². The van der Waals surface area contributed by atoms with Gasteiger partial charge in [-0.3, -0.25) is 9.59 Å². The molecule has 1 N–H and O–H groups in total. The Hall–Kier alpha value is -4.45. The van der Waals surface area contributed by atoms with Crippen molar-refractivity contribution in [2.24, 2.45) is 0 Å². The molecule has 15 heteroatoms. The lowest BCUT2D eigenvalue weighted by molar-refractivity contribution is -0.319. The summed E-state index contributed by atoms with van der Waals surface area (Å²) >= 11 is 3.55. The third-order valence-electron chi connectivity index (χ3n) is 9.85. The number of carbonyl (C=O) groups is 3. The Kier molecular flexibility index (Phi) is 15.6. The number of aliphatic hydroxyl groups excluding tert-OH is 1. The van der Waals surface area contributed by atoms with Crippen LogP contribution in [-0.2, 0) is 67.1 Å². The molecule has 2 aliphatic heterocycles. The second kappa shape index (κ2) is 21.0. The number of rotatable bonds is 19. The highest BCUT2D eigenvalue weighted by Gasteiger charge is 2.49. The van der Waals surface area contributed by atoms with E-state index in [1.807, 2.05) is 66.7 Å². The topological polar surface area (TPSA) is 162 Å².